The molecule has 2 heterocycles. The molecule has 0 bridgehead atoms. The van der Waals surface area contributed by atoms with Crippen LogP contribution in [-0.4, -0.2) is 58.9 Å². The Kier molecular flexibility index (Phi) is 6.62. The minimum atomic E-state index is 0.421. The first kappa shape index (κ1) is 20.4. The quantitative estimate of drug-likeness (QED) is 0.570. The summed E-state index contributed by atoms with van der Waals surface area (Å²) in [5.41, 5.74) is 2.49. The number of hydrogen-bond acceptors (Lipinski definition) is 4. The van der Waals surface area contributed by atoms with Crippen molar-refractivity contribution in [1.29, 1.82) is 0 Å². The molecule has 0 aliphatic carbocycles. The molecule has 0 amide bonds. The smallest absolute Gasteiger partial charge is 0.191 e. The molecule has 2 aromatic carbocycles. The van der Waals surface area contributed by atoms with Crippen LogP contribution >= 0.6 is 0 Å². The van der Waals surface area contributed by atoms with Gasteiger partial charge in [-0.3, -0.25) is 4.99 Å². The van der Waals surface area contributed by atoms with Crippen molar-refractivity contribution in [3.8, 4) is 5.75 Å². The largest absolute Gasteiger partial charge is 0.495 e. The van der Waals surface area contributed by atoms with Gasteiger partial charge in [0.05, 0.1) is 12.8 Å². The van der Waals surface area contributed by atoms with Gasteiger partial charge in [0, 0.05) is 51.5 Å². The molecule has 2 unspecified atom stereocenters. The molecule has 2 atom stereocenters. The number of anilines is 2. The monoisotopic (exact) mass is 407 g/mol. The van der Waals surface area contributed by atoms with Crippen molar-refractivity contribution < 1.29 is 4.74 Å². The second kappa shape index (κ2) is 9.74. The summed E-state index contributed by atoms with van der Waals surface area (Å²) in [4.78, 5) is 9.32. The van der Waals surface area contributed by atoms with Gasteiger partial charge in [0.1, 0.15) is 5.75 Å². The summed E-state index contributed by atoms with van der Waals surface area (Å²) in [5.74, 6) is 2.45. The van der Waals surface area contributed by atoms with Gasteiger partial charge in [0.25, 0.3) is 0 Å². The zero-order valence-corrected chi connectivity index (χ0v) is 18.1. The van der Waals surface area contributed by atoms with E-state index >= 15 is 0 Å². The van der Waals surface area contributed by atoms with Gasteiger partial charge in [0.15, 0.2) is 5.96 Å². The zero-order chi connectivity index (χ0) is 20.8. The Balaban J connectivity index is 1.25. The number of nitrogens with one attached hydrogen (secondary N) is 2. The molecule has 0 spiro atoms. The van der Waals surface area contributed by atoms with E-state index in [0.29, 0.717) is 12.0 Å². The van der Waals surface area contributed by atoms with Gasteiger partial charge in [-0.15, -0.1) is 0 Å². The van der Waals surface area contributed by atoms with Gasteiger partial charge in [-0.05, 0) is 43.0 Å². The van der Waals surface area contributed by atoms with Crippen LogP contribution in [0.4, 0.5) is 11.4 Å². The Morgan fingerprint density at radius 1 is 1.00 bits per heavy atom. The molecular weight excluding hydrogens is 374 g/mol. The van der Waals surface area contributed by atoms with E-state index < -0.39 is 0 Å². The highest BCUT2D eigenvalue weighted by Crippen LogP contribution is 2.31. The van der Waals surface area contributed by atoms with Crippen LogP contribution in [0.3, 0.4) is 0 Å². The number of aliphatic imine (C=N–C) groups is 1. The first-order chi connectivity index (χ1) is 14.8. The molecule has 2 aliphatic heterocycles. The third kappa shape index (κ3) is 4.81. The van der Waals surface area contributed by atoms with E-state index in [1.807, 2.05) is 19.2 Å². The molecule has 6 nitrogen and oxygen atoms in total. The van der Waals surface area contributed by atoms with Crippen LogP contribution in [-0.2, 0) is 0 Å². The summed E-state index contributed by atoms with van der Waals surface area (Å²) >= 11 is 0. The van der Waals surface area contributed by atoms with Gasteiger partial charge < -0.3 is 25.2 Å². The van der Waals surface area contributed by atoms with Crippen molar-refractivity contribution >= 4 is 17.3 Å². The molecule has 0 aromatic heterocycles. The summed E-state index contributed by atoms with van der Waals surface area (Å²) in [6.45, 7) is 5.12. The van der Waals surface area contributed by atoms with Crippen molar-refractivity contribution in [1.82, 2.24) is 10.6 Å². The highest BCUT2D eigenvalue weighted by atomic mass is 16.5. The normalized spacial score (nSPS) is 21.7. The molecule has 4 rings (SSSR count). The maximum atomic E-state index is 5.53. The van der Waals surface area contributed by atoms with E-state index in [1.54, 1.807) is 7.11 Å². The van der Waals surface area contributed by atoms with Crippen LogP contribution in [0.25, 0.3) is 0 Å². The van der Waals surface area contributed by atoms with Crippen LogP contribution in [0.2, 0.25) is 0 Å². The molecule has 30 heavy (non-hydrogen) atoms. The van der Waals surface area contributed by atoms with Gasteiger partial charge in [-0.2, -0.15) is 0 Å². The van der Waals surface area contributed by atoms with Crippen molar-refractivity contribution in [2.24, 2.45) is 10.9 Å². The fourth-order valence-electron chi connectivity index (χ4n) is 4.49. The molecule has 2 aliphatic rings. The number of para-hydroxylation sites is 3. The molecule has 0 saturated carbocycles. The van der Waals surface area contributed by atoms with Gasteiger partial charge in [0.2, 0.25) is 0 Å². The number of methoxy groups -OCH3 is 1. The lowest BCUT2D eigenvalue weighted by Crippen LogP contribution is -2.46. The van der Waals surface area contributed by atoms with E-state index in [-0.39, 0.29) is 0 Å². The van der Waals surface area contributed by atoms with Crippen LogP contribution < -0.4 is 25.2 Å². The van der Waals surface area contributed by atoms with E-state index in [4.69, 9.17) is 4.74 Å². The Bertz CT molecular complexity index is 840. The van der Waals surface area contributed by atoms with Crippen molar-refractivity contribution in [3.05, 3.63) is 54.6 Å². The van der Waals surface area contributed by atoms with E-state index in [2.05, 4.69) is 67.9 Å². The van der Waals surface area contributed by atoms with Gasteiger partial charge in [-0.25, -0.2) is 0 Å². The third-order valence-corrected chi connectivity index (χ3v) is 6.14. The summed E-state index contributed by atoms with van der Waals surface area (Å²) < 4.78 is 5.53. The van der Waals surface area contributed by atoms with Crippen molar-refractivity contribution in [2.75, 3.05) is 56.7 Å². The highest BCUT2D eigenvalue weighted by Gasteiger charge is 2.26. The second-order valence-corrected chi connectivity index (χ2v) is 8.14. The van der Waals surface area contributed by atoms with E-state index in [0.717, 1.165) is 50.9 Å². The highest BCUT2D eigenvalue weighted by molar-refractivity contribution is 5.80. The van der Waals surface area contributed by atoms with Crippen molar-refractivity contribution in [2.45, 2.75) is 18.9 Å². The molecule has 6 heteroatoms. The number of nitrogens with zero attached hydrogens (tertiary/aromatic N) is 3. The average molecular weight is 408 g/mol. The zero-order valence-electron chi connectivity index (χ0n) is 18.1. The number of hydrogen-bond donors (Lipinski definition) is 2. The third-order valence-electron chi connectivity index (χ3n) is 6.14. The second-order valence-electron chi connectivity index (χ2n) is 8.14. The first-order valence-electron chi connectivity index (χ1n) is 10.9. The predicted octanol–water partition coefficient (Wildman–Crippen LogP) is 2.97. The lowest BCUT2D eigenvalue weighted by Gasteiger charge is -2.22. The van der Waals surface area contributed by atoms with E-state index in [9.17, 15) is 0 Å². The molecule has 2 N–H and O–H groups in total. The minimum absolute atomic E-state index is 0.421. The summed E-state index contributed by atoms with van der Waals surface area (Å²) in [5, 5.41) is 7.17. The molecular formula is C24H33N5O. The molecule has 0 radical (unpaired) electrons. The standard InChI is InChI=1S/C24H33N5O/c1-25-24(27-20-13-15-28(18-20)21-8-4-3-5-9-21)26-16-19-12-14-29(17-19)22-10-6-7-11-23(22)30-2/h3-11,19-20H,12-18H2,1-2H3,(H2,25,26,27). The van der Waals surface area contributed by atoms with E-state index in [1.165, 1.54) is 17.8 Å². The van der Waals surface area contributed by atoms with Crippen LogP contribution in [0.1, 0.15) is 12.8 Å². The maximum absolute atomic E-state index is 5.53. The molecule has 160 valence electrons. The molecule has 2 fully saturated rings. The Morgan fingerprint density at radius 3 is 2.57 bits per heavy atom. The summed E-state index contributed by atoms with van der Waals surface area (Å²) in [6, 6.07) is 19.3. The summed E-state index contributed by atoms with van der Waals surface area (Å²) in [6.07, 6.45) is 2.30. The number of ether oxygens (including phenoxy) is 1. The fraction of sp³-hybridized carbons (Fsp3) is 0.458. The SMILES string of the molecule is CN=C(NCC1CCN(c2ccccc2OC)C1)NC1CCN(c2ccccc2)C1. The van der Waals surface area contributed by atoms with Crippen molar-refractivity contribution in [3.63, 3.8) is 0 Å². The number of guanidine groups is 1. The first-order valence-corrected chi connectivity index (χ1v) is 10.9. The molecule has 2 saturated heterocycles. The Labute approximate surface area is 179 Å². The lowest BCUT2D eigenvalue weighted by atomic mass is 10.1. The van der Waals surface area contributed by atoms with Crippen LogP contribution in [0.15, 0.2) is 59.6 Å². The Hall–Kier alpha value is -2.89. The average Bonchev–Trinajstić information content (AvgIpc) is 3.47. The minimum Gasteiger partial charge on any atom is -0.495 e. The topological polar surface area (TPSA) is 52.1 Å². The Morgan fingerprint density at radius 2 is 1.77 bits per heavy atom. The van der Waals surface area contributed by atoms with Gasteiger partial charge in [-0.1, -0.05) is 30.3 Å². The van der Waals surface area contributed by atoms with Gasteiger partial charge >= 0.3 is 0 Å². The number of rotatable bonds is 6. The lowest BCUT2D eigenvalue weighted by molar-refractivity contribution is 0.414. The maximum Gasteiger partial charge on any atom is 0.191 e. The summed E-state index contributed by atoms with van der Waals surface area (Å²) in [7, 11) is 3.60. The predicted molar refractivity (Wildman–Crippen MR) is 125 cm³/mol. The number of benzene rings is 2. The molecule has 2 aromatic rings. The fourth-order valence-corrected chi connectivity index (χ4v) is 4.49. The van der Waals surface area contributed by atoms with Crippen LogP contribution in [0.5, 0.6) is 5.75 Å². The van der Waals surface area contributed by atoms with Crippen LogP contribution in [0, 0.1) is 5.92 Å².